The number of carbonyl (C=O) groups excluding carboxylic acids is 1. The predicted octanol–water partition coefficient (Wildman–Crippen LogP) is 5.73. The molecular weight excluding hydrogens is 408 g/mol. The van der Waals surface area contributed by atoms with Gasteiger partial charge in [-0.1, -0.05) is 18.9 Å². The van der Waals surface area contributed by atoms with Crippen LogP contribution in [0.5, 0.6) is 0 Å². The number of aromatic nitrogens is 1. The Morgan fingerprint density at radius 1 is 1.16 bits per heavy atom. The van der Waals surface area contributed by atoms with Crippen LogP contribution < -0.4 is 4.72 Å². The first kappa shape index (κ1) is 26.1. The molecule has 5 nitrogen and oxygen atoms in total. The molecule has 1 aliphatic carbocycles. The van der Waals surface area contributed by atoms with Gasteiger partial charge in [-0.25, -0.2) is 0 Å². The maximum Gasteiger partial charge on any atom is 0.306 e. The molecule has 1 unspecified atom stereocenters. The van der Waals surface area contributed by atoms with Gasteiger partial charge in [-0.2, -0.15) is 0 Å². The van der Waals surface area contributed by atoms with E-state index in [4.69, 9.17) is 9.72 Å². The highest BCUT2D eigenvalue weighted by Gasteiger charge is 2.31. The number of carbonyl (C=O) groups is 1. The number of hydrogen-bond acceptors (Lipinski definition) is 5. The Labute approximate surface area is 192 Å². The Kier molecular flexibility index (Phi) is 9.41. The van der Waals surface area contributed by atoms with Crippen LogP contribution in [0.1, 0.15) is 109 Å². The third kappa shape index (κ3) is 9.11. The van der Waals surface area contributed by atoms with E-state index in [0.29, 0.717) is 12.3 Å². The van der Waals surface area contributed by atoms with E-state index in [0.717, 1.165) is 56.3 Å². The van der Waals surface area contributed by atoms with Crippen LogP contribution in [0.15, 0.2) is 12.1 Å². The Balaban J connectivity index is 2.14. The molecule has 1 heterocycles. The lowest BCUT2D eigenvalue weighted by Crippen LogP contribution is -2.41. The second kappa shape index (κ2) is 11.2. The fourth-order valence-corrected chi connectivity index (χ4v) is 4.85. The van der Waals surface area contributed by atoms with E-state index >= 15 is 0 Å². The molecule has 1 N–H and O–H groups in total. The molecule has 0 saturated heterocycles. The highest BCUT2D eigenvalue weighted by Crippen LogP contribution is 2.32. The van der Waals surface area contributed by atoms with Crippen LogP contribution in [0.25, 0.3) is 0 Å². The van der Waals surface area contributed by atoms with Gasteiger partial charge in [0, 0.05) is 29.2 Å². The zero-order valence-electron chi connectivity index (χ0n) is 20.5. The van der Waals surface area contributed by atoms with Crippen LogP contribution in [0.3, 0.4) is 0 Å². The van der Waals surface area contributed by atoms with Crippen LogP contribution >= 0.6 is 0 Å². The molecule has 0 amide bonds. The minimum absolute atomic E-state index is 0.00489. The second-order valence-electron chi connectivity index (χ2n) is 10.9. The molecular formula is C25H42N2O3S. The number of hydrogen-bond donors (Lipinski definition) is 1. The van der Waals surface area contributed by atoms with Crippen molar-refractivity contribution in [2.24, 2.45) is 5.92 Å². The van der Waals surface area contributed by atoms with Gasteiger partial charge >= 0.3 is 5.97 Å². The first-order chi connectivity index (χ1) is 14.3. The van der Waals surface area contributed by atoms with E-state index < -0.39 is 17.0 Å². The summed E-state index contributed by atoms with van der Waals surface area (Å²) >= 11 is -1.16. The Bertz CT molecular complexity index is 724. The number of rotatable bonds is 5. The van der Waals surface area contributed by atoms with E-state index in [9.17, 15) is 9.35 Å². The van der Waals surface area contributed by atoms with Crippen molar-refractivity contribution in [2.45, 2.75) is 116 Å². The zero-order valence-corrected chi connectivity index (χ0v) is 21.4. The monoisotopic (exact) mass is 450 g/mol. The Hall–Kier alpha value is -1.11. The number of pyridine rings is 1. The predicted molar refractivity (Wildman–Crippen MR) is 128 cm³/mol. The molecule has 0 aliphatic heterocycles. The summed E-state index contributed by atoms with van der Waals surface area (Å²) in [5, 5.41) is 0. The summed E-state index contributed by atoms with van der Waals surface area (Å²) in [6, 6.07) is 4.22. The van der Waals surface area contributed by atoms with E-state index in [1.165, 1.54) is 5.56 Å². The largest absolute Gasteiger partial charge is 0.598 e. The lowest BCUT2D eigenvalue weighted by Gasteiger charge is -2.30. The Morgan fingerprint density at radius 2 is 1.87 bits per heavy atom. The SMILES string of the molecule is Cc1ccc2c(n1)CCCCC(CCC(=O)OC(C)(C)C)CC[C@H]2N[S@+]([O-])C(C)(C)C. The van der Waals surface area contributed by atoms with E-state index in [-0.39, 0.29) is 16.8 Å². The molecule has 0 spiro atoms. The number of esters is 1. The zero-order chi connectivity index (χ0) is 23.2. The third-order valence-corrected chi connectivity index (χ3v) is 7.26. The molecule has 0 fully saturated rings. The minimum Gasteiger partial charge on any atom is -0.598 e. The first-order valence-electron chi connectivity index (χ1n) is 11.7. The van der Waals surface area contributed by atoms with Crippen molar-refractivity contribution >= 4 is 17.3 Å². The summed E-state index contributed by atoms with van der Waals surface area (Å²) in [6.07, 6.45) is 7.47. The summed E-state index contributed by atoms with van der Waals surface area (Å²) in [5.41, 5.74) is 2.90. The average Bonchev–Trinajstić information content (AvgIpc) is 2.63. The summed E-state index contributed by atoms with van der Waals surface area (Å²) in [7, 11) is 0. The molecule has 176 valence electrons. The number of aryl methyl sites for hydroxylation is 2. The van der Waals surface area contributed by atoms with E-state index in [1.54, 1.807) is 0 Å². The van der Waals surface area contributed by atoms with Crippen molar-refractivity contribution in [1.82, 2.24) is 9.71 Å². The van der Waals surface area contributed by atoms with Crippen LogP contribution in [0.4, 0.5) is 0 Å². The van der Waals surface area contributed by atoms with Crippen molar-refractivity contribution in [3.05, 3.63) is 29.1 Å². The summed E-state index contributed by atoms with van der Waals surface area (Å²) < 4.78 is 21.5. The van der Waals surface area contributed by atoms with Gasteiger partial charge in [-0.15, -0.1) is 4.72 Å². The summed E-state index contributed by atoms with van der Waals surface area (Å²) in [6.45, 7) is 13.7. The highest BCUT2D eigenvalue weighted by molar-refractivity contribution is 7.90. The molecule has 2 rings (SSSR count). The highest BCUT2D eigenvalue weighted by atomic mass is 32.2. The van der Waals surface area contributed by atoms with Gasteiger partial charge in [0.25, 0.3) is 0 Å². The molecule has 0 radical (unpaired) electrons. The van der Waals surface area contributed by atoms with Gasteiger partial charge in [0.05, 0.1) is 6.04 Å². The standard InChI is InChI=1S/C25H42N2O3S/c1-18-12-15-20-21(26-18)11-9-8-10-19(14-17-23(28)30-24(2,3)4)13-16-22(20)27-31(29)25(5,6)7/h12,15,19,22,27H,8-11,13-14,16-17H2,1-7H3/t19?,22-,31-/m1/s1. The van der Waals surface area contributed by atoms with Gasteiger partial charge in [-0.3, -0.25) is 9.78 Å². The van der Waals surface area contributed by atoms with E-state index in [2.05, 4.69) is 16.9 Å². The maximum absolute atomic E-state index is 12.9. The number of fused-ring (bicyclic) bond motifs is 1. The lowest BCUT2D eigenvalue weighted by molar-refractivity contribution is -0.155. The molecule has 6 heteroatoms. The topological polar surface area (TPSA) is 74.3 Å². The fourth-order valence-electron chi connectivity index (χ4n) is 4.00. The van der Waals surface area contributed by atoms with Gasteiger partial charge in [0.2, 0.25) is 0 Å². The van der Waals surface area contributed by atoms with Gasteiger partial charge in [-0.05, 0) is 98.1 Å². The quantitative estimate of drug-likeness (QED) is 0.458. The first-order valence-corrected chi connectivity index (χ1v) is 12.9. The van der Waals surface area contributed by atoms with Crippen molar-refractivity contribution in [3.8, 4) is 0 Å². The summed E-state index contributed by atoms with van der Waals surface area (Å²) in [5.74, 6) is 0.359. The molecule has 0 bridgehead atoms. The molecule has 1 aliphatic rings. The van der Waals surface area contributed by atoms with Gasteiger partial charge in [0.1, 0.15) is 10.3 Å². The maximum atomic E-state index is 12.9. The van der Waals surface area contributed by atoms with Crippen molar-refractivity contribution in [1.29, 1.82) is 0 Å². The van der Waals surface area contributed by atoms with Crippen LogP contribution in [-0.2, 0) is 27.3 Å². The lowest BCUT2D eigenvalue weighted by atomic mass is 9.86. The number of nitrogens with zero attached hydrogens (tertiary/aromatic N) is 1. The molecule has 0 saturated carbocycles. The second-order valence-corrected chi connectivity index (χ2v) is 12.9. The number of nitrogens with one attached hydrogen (secondary N) is 1. The summed E-state index contributed by atoms with van der Waals surface area (Å²) in [4.78, 5) is 17.0. The van der Waals surface area contributed by atoms with Crippen molar-refractivity contribution < 1.29 is 14.1 Å². The van der Waals surface area contributed by atoms with Crippen LogP contribution in [-0.4, -0.2) is 25.9 Å². The molecule has 31 heavy (non-hydrogen) atoms. The minimum atomic E-state index is -1.16. The van der Waals surface area contributed by atoms with Gasteiger partial charge < -0.3 is 9.29 Å². The molecule has 0 aromatic carbocycles. The smallest absolute Gasteiger partial charge is 0.306 e. The third-order valence-electron chi connectivity index (χ3n) is 5.65. The Morgan fingerprint density at radius 3 is 2.52 bits per heavy atom. The van der Waals surface area contributed by atoms with Crippen LogP contribution in [0, 0.1) is 12.8 Å². The fraction of sp³-hybridized carbons (Fsp3) is 0.760. The average molecular weight is 451 g/mol. The molecule has 3 atom stereocenters. The van der Waals surface area contributed by atoms with Crippen molar-refractivity contribution in [3.63, 3.8) is 0 Å². The number of ether oxygens (including phenoxy) is 1. The normalized spacial score (nSPS) is 21.8. The molecule has 1 aromatic rings. The van der Waals surface area contributed by atoms with Gasteiger partial charge in [0.15, 0.2) is 0 Å². The van der Waals surface area contributed by atoms with E-state index in [1.807, 2.05) is 48.5 Å². The van der Waals surface area contributed by atoms with Crippen molar-refractivity contribution in [2.75, 3.05) is 0 Å². The molecule has 1 aromatic heterocycles. The van der Waals surface area contributed by atoms with Crippen LogP contribution in [0.2, 0.25) is 0 Å².